The molecule has 2 rings (SSSR count). The summed E-state index contributed by atoms with van der Waals surface area (Å²) in [4.78, 5) is 43.9. The van der Waals surface area contributed by atoms with Crippen LogP contribution in [0.2, 0.25) is 0 Å². The second kappa shape index (κ2) is 12.7. The summed E-state index contributed by atoms with van der Waals surface area (Å²) in [5.74, 6) is 0. The Morgan fingerprint density at radius 1 is 1.12 bits per heavy atom. The van der Waals surface area contributed by atoms with Gasteiger partial charge in [-0.25, -0.2) is 9.36 Å². The van der Waals surface area contributed by atoms with E-state index in [2.05, 4.69) is 9.51 Å². The molecule has 1 aromatic rings. The predicted octanol–water partition coefficient (Wildman–Crippen LogP) is -1.72. The van der Waals surface area contributed by atoms with E-state index in [9.17, 15) is 19.3 Å². The van der Waals surface area contributed by atoms with Gasteiger partial charge in [0, 0.05) is 18.9 Å². The van der Waals surface area contributed by atoms with E-state index in [-0.39, 0.29) is 18.8 Å². The number of aliphatic hydroxyl groups is 1. The molecule has 14 nitrogen and oxygen atoms in total. The first-order valence-electron chi connectivity index (χ1n) is 9.75. The van der Waals surface area contributed by atoms with Crippen LogP contribution >= 0.6 is 7.82 Å². The number of nitrogens with zero attached hydrogens (tertiary/aromatic N) is 1. The summed E-state index contributed by atoms with van der Waals surface area (Å²) >= 11 is 0. The second-order valence-corrected chi connectivity index (χ2v) is 8.11. The van der Waals surface area contributed by atoms with E-state index in [1.165, 1.54) is 13.1 Å². The number of aliphatic hydroxyl groups excluding tert-OH is 1. The molecule has 0 bridgehead atoms. The lowest BCUT2D eigenvalue weighted by molar-refractivity contribution is -0.0865. The van der Waals surface area contributed by atoms with Crippen molar-refractivity contribution in [2.24, 2.45) is 0 Å². The Morgan fingerprint density at radius 2 is 1.75 bits per heavy atom. The van der Waals surface area contributed by atoms with Gasteiger partial charge in [-0.1, -0.05) is 0 Å². The van der Waals surface area contributed by atoms with Gasteiger partial charge in [0.05, 0.1) is 46.2 Å². The Hall–Kier alpha value is -1.45. The summed E-state index contributed by atoms with van der Waals surface area (Å²) in [6.07, 6.45) is -3.63. The maximum atomic E-state index is 12.3. The minimum absolute atomic E-state index is 0.0167. The third-order valence-corrected chi connectivity index (χ3v) is 4.97. The van der Waals surface area contributed by atoms with Crippen molar-refractivity contribution in [2.75, 3.05) is 53.4 Å². The van der Waals surface area contributed by atoms with Gasteiger partial charge >= 0.3 is 13.5 Å². The van der Waals surface area contributed by atoms with Crippen LogP contribution < -0.4 is 11.2 Å². The zero-order chi connectivity index (χ0) is 23.7. The van der Waals surface area contributed by atoms with Crippen molar-refractivity contribution >= 4 is 7.82 Å². The molecular formula is C17H29N2O12P. The molecule has 1 aromatic heterocycles. The third kappa shape index (κ3) is 8.15. The number of phosphoric ester groups is 1. The van der Waals surface area contributed by atoms with Crippen LogP contribution in [-0.4, -0.2) is 96.1 Å². The van der Waals surface area contributed by atoms with Crippen LogP contribution in [0.3, 0.4) is 0 Å². The number of H-pyrrole nitrogens is 1. The van der Waals surface area contributed by atoms with E-state index in [1.54, 1.807) is 7.11 Å². The van der Waals surface area contributed by atoms with Crippen molar-refractivity contribution in [1.29, 1.82) is 0 Å². The third-order valence-electron chi connectivity index (χ3n) is 4.48. The number of rotatable bonds is 14. The summed E-state index contributed by atoms with van der Waals surface area (Å²) in [5.41, 5.74) is -1.16. The molecule has 2 heterocycles. The average Bonchev–Trinajstić information content (AvgIpc) is 3.03. The van der Waals surface area contributed by atoms with Gasteiger partial charge in [-0.05, 0) is 6.92 Å². The van der Waals surface area contributed by atoms with Gasteiger partial charge < -0.3 is 38.6 Å². The van der Waals surface area contributed by atoms with Gasteiger partial charge in [0.2, 0.25) is 0 Å². The summed E-state index contributed by atoms with van der Waals surface area (Å²) in [7, 11) is -3.25. The van der Waals surface area contributed by atoms with Crippen LogP contribution in [0.25, 0.3) is 0 Å². The molecule has 4 N–H and O–H groups in total. The standard InChI is InChI=1S/C17H29N2O12P/c1-11-9-19(17(22)18-15(11)21)16-14(13(20)12(31-16)10-30-32(23,24)25)29-8-7-28-6-5-27-4-3-26-2/h9,12-14,16,20H,3-8,10H2,1-2H3,(H,18,21,22)(H2,23,24,25). The molecular weight excluding hydrogens is 455 g/mol. The predicted molar refractivity (Wildman–Crippen MR) is 107 cm³/mol. The molecule has 1 fully saturated rings. The van der Waals surface area contributed by atoms with Crippen molar-refractivity contribution in [3.63, 3.8) is 0 Å². The Morgan fingerprint density at radius 3 is 2.38 bits per heavy atom. The van der Waals surface area contributed by atoms with E-state index >= 15 is 0 Å². The highest BCUT2D eigenvalue weighted by atomic mass is 31.2. The van der Waals surface area contributed by atoms with Crippen LogP contribution in [0.5, 0.6) is 0 Å². The number of methoxy groups -OCH3 is 1. The van der Waals surface area contributed by atoms with Crippen molar-refractivity contribution in [3.05, 3.63) is 32.6 Å². The average molecular weight is 484 g/mol. The van der Waals surface area contributed by atoms with E-state index in [1.807, 2.05) is 0 Å². The first kappa shape index (κ1) is 26.8. The molecule has 0 aliphatic carbocycles. The van der Waals surface area contributed by atoms with Crippen molar-refractivity contribution in [1.82, 2.24) is 9.55 Å². The number of aromatic nitrogens is 2. The maximum Gasteiger partial charge on any atom is 0.469 e. The van der Waals surface area contributed by atoms with Gasteiger partial charge in [-0.3, -0.25) is 18.9 Å². The van der Waals surface area contributed by atoms with Gasteiger partial charge in [0.25, 0.3) is 5.56 Å². The highest BCUT2D eigenvalue weighted by Gasteiger charge is 2.46. The number of ether oxygens (including phenoxy) is 5. The molecule has 32 heavy (non-hydrogen) atoms. The fourth-order valence-electron chi connectivity index (χ4n) is 2.91. The number of nitrogens with one attached hydrogen (secondary N) is 1. The monoisotopic (exact) mass is 484 g/mol. The Bertz CT molecular complexity index is 868. The summed E-state index contributed by atoms with van der Waals surface area (Å²) in [5, 5.41) is 10.6. The maximum absolute atomic E-state index is 12.3. The topological polar surface area (TPSA) is 188 Å². The Balaban J connectivity index is 2.00. The zero-order valence-electron chi connectivity index (χ0n) is 17.7. The molecule has 1 saturated heterocycles. The van der Waals surface area contributed by atoms with Crippen molar-refractivity contribution < 1.29 is 47.7 Å². The lowest BCUT2D eigenvalue weighted by Gasteiger charge is -2.22. The van der Waals surface area contributed by atoms with E-state index in [0.29, 0.717) is 26.4 Å². The summed E-state index contributed by atoms with van der Waals surface area (Å²) < 4.78 is 43.2. The van der Waals surface area contributed by atoms with Gasteiger partial charge in [-0.2, -0.15) is 0 Å². The fraction of sp³-hybridized carbons (Fsp3) is 0.765. The van der Waals surface area contributed by atoms with Gasteiger partial charge in [0.1, 0.15) is 18.3 Å². The van der Waals surface area contributed by atoms with Crippen LogP contribution in [0.4, 0.5) is 0 Å². The van der Waals surface area contributed by atoms with Crippen molar-refractivity contribution in [3.8, 4) is 0 Å². The molecule has 0 spiro atoms. The number of hydrogen-bond donors (Lipinski definition) is 4. The van der Waals surface area contributed by atoms with Gasteiger partial charge in [-0.15, -0.1) is 0 Å². The normalized spacial score (nSPS) is 23.7. The van der Waals surface area contributed by atoms with E-state index in [4.69, 9.17) is 33.5 Å². The van der Waals surface area contributed by atoms with E-state index in [0.717, 1.165) is 4.57 Å². The summed E-state index contributed by atoms with van der Waals surface area (Å²) in [6, 6.07) is 0. The number of aryl methyl sites for hydroxylation is 1. The molecule has 4 atom stereocenters. The fourth-order valence-corrected chi connectivity index (χ4v) is 3.25. The highest BCUT2D eigenvalue weighted by Crippen LogP contribution is 2.38. The quantitative estimate of drug-likeness (QED) is 0.173. The second-order valence-electron chi connectivity index (χ2n) is 6.87. The van der Waals surface area contributed by atoms with Crippen LogP contribution in [0.1, 0.15) is 11.8 Å². The highest BCUT2D eigenvalue weighted by molar-refractivity contribution is 7.46. The molecule has 0 amide bonds. The SMILES string of the molecule is COCCOCCOCCOC1C(O)C(COP(=O)(O)O)OC1n1cc(C)c(=O)[nH]c1=O. The summed E-state index contributed by atoms with van der Waals surface area (Å²) in [6.45, 7) is 2.57. The van der Waals surface area contributed by atoms with Crippen molar-refractivity contribution in [2.45, 2.75) is 31.5 Å². The molecule has 184 valence electrons. The molecule has 1 aliphatic rings. The first-order chi connectivity index (χ1) is 15.1. The minimum Gasteiger partial charge on any atom is -0.387 e. The molecule has 15 heteroatoms. The number of hydrogen-bond acceptors (Lipinski definition) is 10. The first-order valence-corrected chi connectivity index (χ1v) is 11.3. The van der Waals surface area contributed by atoms with E-state index < -0.39 is 50.2 Å². The van der Waals surface area contributed by atoms with Crippen LogP contribution in [0.15, 0.2) is 15.8 Å². The lowest BCUT2D eigenvalue weighted by Crippen LogP contribution is -2.40. The molecule has 4 unspecified atom stereocenters. The largest absolute Gasteiger partial charge is 0.469 e. The molecule has 0 radical (unpaired) electrons. The zero-order valence-corrected chi connectivity index (χ0v) is 18.6. The molecule has 0 aromatic carbocycles. The smallest absolute Gasteiger partial charge is 0.387 e. The lowest BCUT2D eigenvalue weighted by atomic mass is 10.1. The van der Waals surface area contributed by atoms with Gasteiger partial charge in [0.15, 0.2) is 6.23 Å². The molecule has 1 aliphatic heterocycles. The Kier molecular flexibility index (Phi) is 10.6. The molecule has 0 saturated carbocycles. The van der Waals surface area contributed by atoms with Crippen LogP contribution in [-0.2, 0) is 32.8 Å². The number of phosphoric acid groups is 1. The van der Waals surface area contributed by atoms with Crippen LogP contribution in [0, 0.1) is 6.92 Å². The Labute approximate surface area is 183 Å². The minimum atomic E-state index is -4.81. The number of aromatic amines is 1.